The molecule has 0 atom stereocenters. The molecular formula is C19H23N2O+. The second kappa shape index (κ2) is 5.24. The molecule has 0 aliphatic heterocycles. The topological polar surface area (TPSA) is 29.9 Å². The van der Waals surface area contributed by atoms with Crippen LogP contribution in [0.5, 0.6) is 0 Å². The first-order valence-corrected chi connectivity index (χ1v) is 7.76. The van der Waals surface area contributed by atoms with Gasteiger partial charge >= 0.3 is 11.5 Å². The third kappa shape index (κ3) is 2.31. The zero-order chi connectivity index (χ0) is 16.0. The molecule has 0 fully saturated rings. The van der Waals surface area contributed by atoms with E-state index in [0.717, 1.165) is 17.1 Å². The lowest BCUT2D eigenvalue weighted by atomic mass is 9.97. The number of benzene rings is 1. The van der Waals surface area contributed by atoms with Crippen molar-refractivity contribution in [2.45, 2.75) is 40.5 Å². The van der Waals surface area contributed by atoms with Gasteiger partial charge in [0.25, 0.3) is 0 Å². The second-order valence-electron chi connectivity index (χ2n) is 6.43. The third-order valence-corrected chi connectivity index (χ3v) is 4.30. The Morgan fingerprint density at radius 2 is 1.82 bits per heavy atom. The van der Waals surface area contributed by atoms with Crippen molar-refractivity contribution in [3.05, 3.63) is 46.8 Å². The van der Waals surface area contributed by atoms with Crippen molar-refractivity contribution in [3.63, 3.8) is 0 Å². The smallest absolute Gasteiger partial charge is 0.370 e. The Morgan fingerprint density at radius 3 is 2.50 bits per heavy atom. The van der Waals surface area contributed by atoms with Gasteiger partial charge in [0.15, 0.2) is 0 Å². The Balaban J connectivity index is 2.26. The summed E-state index contributed by atoms with van der Waals surface area (Å²) in [5.74, 6) is 1.08. The fourth-order valence-electron chi connectivity index (χ4n) is 2.89. The Morgan fingerprint density at radius 1 is 1.09 bits per heavy atom. The summed E-state index contributed by atoms with van der Waals surface area (Å²) >= 11 is 0. The number of fused-ring (bicyclic) bond motifs is 1. The fraction of sp³-hybridized carbons (Fsp3) is 0.368. The molecule has 1 aromatic carbocycles. The highest BCUT2D eigenvalue weighted by Crippen LogP contribution is 2.27. The largest absolute Gasteiger partial charge is 0.414 e. The Bertz CT molecular complexity index is 859. The quantitative estimate of drug-likeness (QED) is 0.657. The average Bonchev–Trinajstić information content (AvgIpc) is 2.89. The van der Waals surface area contributed by atoms with Crippen LogP contribution in [0.4, 0.5) is 0 Å². The summed E-state index contributed by atoms with van der Waals surface area (Å²) in [7, 11) is 2.06. The molecule has 114 valence electrons. The van der Waals surface area contributed by atoms with Crippen LogP contribution >= 0.6 is 0 Å². The van der Waals surface area contributed by atoms with Gasteiger partial charge in [0, 0.05) is 5.56 Å². The molecule has 0 N–H and O–H groups in total. The van der Waals surface area contributed by atoms with Gasteiger partial charge in [-0.05, 0) is 55.1 Å². The maximum atomic E-state index is 5.85. The molecule has 0 unspecified atom stereocenters. The maximum absolute atomic E-state index is 5.85. The molecule has 3 heteroatoms. The third-order valence-electron chi connectivity index (χ3n) is 4.30. The highest BCUT2D eigenvalue weighted by Gasteiger charge is 2.22. The van der Waals surface area contributed by atoms with Crippen molar-refractivity contribution in [3.8, 4) is 11.3 Å². The van der Waals surface area contributed by atoms with E-state index in [1.807, 2.05) is 6.07 Å². The SMILES string of the molecule is Cc1cc(C)c(C)c(-c2ccc3oc(C(C)C)nc3[n+]2C)c1. The maximum Gasteiger partial charge on any atom is 0.370 e. The van der Waals surface area contributed by atoms with Crippen LogP contribution in [0.3, 0.4) is 0 Å². The molecule has 0 saturated carbocycles. The molecule has 0 aliphatic carbocycles. The molecule has 22 heavy (non-hydrogen) atoms. The zero-order valence-electron chi connectivity index (χ0n) is 14.2. The van der Waals surface area contributed by atoms with Gasteiger partial charge in [0.05, 0.1) is 13.0 Å². The highest BCUT2D eigenvalue weighted by molar-refractivity contribution is 5.70. The lowest BCUT2D eigenvalue weighted by molar-refractivity contribution is -0.635. The molecule has 3 nitrogen and oxygen atoms in total. The number of hydrogen-bond donors (Lipinski definition) is 0. The van der Waals surface area contributed by atoms with Crippen LogP contribution < -0.4 is 4.57 Å². The van der Waals surface area contributed by atoms with Crippen LogP contribution in [0.1, 0.15) is 42.3 Å². The van der Waals surface area contributed by atoms with Crippen molar-refractivity contribution in [1.29, 1.82) is 0 Å². The van der Waals surface area contributed by atoms with Gasteiger partial charge < -0.3 is 4.42 Å². The number of oxazole rings is 1. The first-order valence-electron chi connectivity index (χ1n) is 7.76. The van der Waals surface area contributed by atoms with Gasteiger partial charge in [0.2, 0.25) is 5.58 Å². The molecule has 0 bridgehead atoms. The molecule has 0 aliphatic rings. The number of aryl methyl sites for hydroxylation is 3. The normalized spacial score (nSPS) is 11.6. The number of nitrogens with zero attached hydrogens (tertiary/aromatic N) is 2. The molecule has 0 amide bonds. The van der Waals surface area contributed by atoms with Crippen LogP contribution in [0.25, 0.3) is 22.5 Å². The minimum absolute atomic E-state index is 0.291. The number of rotatable bonds is 2. The van der Waals surface area contributed by atoms with E-state index in [-0.39, 0.29) is 0 Å². The van der Waals surface area contributed by atoms with E-state index in [1.165, 1.54) is 27.9 Å². The first-order chi connectivity index (χ1) is 10.4. The summed E-state index contributed by atoms with van der Waals surface area (Å²) in [5.41, 5.74) is 8.08. The molecule has 0 radical (unpaired) electrons. The minimum Gasteiger partial charge on any atom is -0.414 e. The van der Waals surface area contributed by atoms with Gasteiger partial charge in [-0.2, -0.15) is 0 Å². The van der Waals surface area contributed by atoms with Crippen LogP contribution in [0.2, 0.25) is 0 Å². The Hall–Kier alpha value is -2.16. The molecule has 2 heterocycles. The van der Waals surface area contributed by atoms with Gasteiger partial charge in [-0.15, -0.1) is 0 Å². The standard InChI is InChI=1S/C19H23N2O/c1-11(2)19-20-18-17(22-19)8-7-16(21(18)6)15-10-12(3)9-13(4)14(15)5/h7-11H,1-6H3/q+1. The fourth-order valence-corrected chi connectivity index (χ4v) is 2.89. The van der Waals surface area contributed by atoms with Crippen LogP contribution in [0, 0.1) is 20.8 Å². The predicted octanol–water partition coefficient (Wildman–Crippen LogP) is 4.37. The van der Waals surface area contributed by atoms with E-state index >= 15 is 0 Å². The number of hydrogen-bond acceptors (Lipinski definition) is 2. The van der Waals surface area contributed by atoms with E-state index in [2.05, 4.69) is 69.4 Å². The summed E-state index contributed by atoms with van der Waals surface area (Å²) in [4.78, 5) is 4.67. The summed E-state index contributed by atoms with van der Waals surface area (Å²) in [6, 6.07) is 8.62. The molecule has 0 saturated heterocycles. The minimum atomic E-state index is 0.291. The lowest BCUT2D eigenvalue weighted by Crippen LogP contribution is -2.32. The van der Waals surface area contributed by atoms with E-state index < -0.39 is 0 Å². The Kier molecular flexibility index (Phi) is 3.51. The van der Waals surface area contributed by atoms with Gasteiger partial charge in [-0.25, -0.2) is 4.57 Å². The van der Waals surface area contributed by atoms with E-state index in [9.17, 15) is 0 Å². The molecule has 2 aromatic heterocycles. The number of pyridine rings is 1. The molecule has 0 spiro atoms. The van der Waals surface area contributed by atoms with Gasteiger partial charge in [0.1, 0.15) is 5.69 Å². The van der Waals surface area contributed by atoms with Crippen molar-refractivity contribution in [2.75, 3.05) is 0 Å². The van der Waals surface area contributed by atoms with Crippen molar-refractivity contribution >= 4 is 11.2 Å². The summed E-state index contributed by atoms with van der Waals surface area (Å²) in [6.07, 6.45) is 0. The molecular weight excluding hydrogens is 272 g/mol. The zero-order valence-corrected chi connectivity index (χ0v) is 14.2. The van der Waals surface area contributed by atoms with E-state index in [0.29, 0.717) is 5.92 Å². The Labute approximate surface area is 131 Å². The van der Waals surface area contributed by atoms with Crippen molar-refractivity contribution in [1.82, 2.24) is 4.98 Å². The average molecular weight is 295 g/mol. The van der Waals surface area contributed by atoms with Crippen molar-refractivity contribution < 1.29 is 8.98 Å². The monoisotopic (exact) mass is 295 g/mol. The second-order valence-corrected chi connectivity index (χ2v) is 6.43. The van der Waals surface area contributed by atoms with Gasteiger partial charge in [-0.1, -0.05) is 25.5 Å². The molecule has 3 aromatic rings. The summed E-state index contributed by atoms with van der Waals surface area (Å²) in [6.45, 7) is 10.7. The first kappa shape index (κ1) is 14.8. The highest BCUT2D eigenvalue weighted by atomic mass is 16.3. The van der Waals surface area contributed by atoms with Crippen LogP contribution in [-0.4, -0.2) is 4.98 Å². The van der Waals surface area contributed by atoms with E-state index in [1.54, 1.807) is 0 Å². The summed E-state index contributed by atoms with van der Waals surface area (Å²) < 4.78 is 7.98. The van der Waals surface area contributed by atoms with Crippen molar-refractivity contribution in [2.24, 2.45) is 7.05 Å². The van der Waals surface area contributed by atoms with Crippen LogP contribution in [0.15, 0.2) is 28.7 Å². The van der Waals surface area contributed by atoms with Crippen LogP contribution in [-0.2, 0) is 7.05 Å². The number of aromatic nitrogens is 2. The predicted molar refractivity (Wildman–Crippen MR) is 88.9 cm³/mol. The molecule has 3 rings (SSSR count). The van der Waals surface area contributed by atoms with E-state index in [4.69, 9.17) is 4.42 Å². The lowest BCUT2D eigenvalue weighted by Gasteiger charge is -2.10. The summed E-state index contributed by atoms with van der Waals surface area (Å²) in [5, 5.41) is 0. The van der Waals surface area contributed by atoms with Gasteiger partial charge in [-0.3, -0.25) is 0 Å².